The van der Waals surface area contributed by atoms with Crippen LogP contribution in [0.25, 0.3) is 10.2 Å². The molecule has 1 aliphatic rings. The van der Waals surface area contributed by atoms with Gasteiger partial charge in [-0.05, 0) is 43.0 Å². The number of H-pyrrole nitrogens is 2. The molecular weight excluding hydrogens is 256 g/mol. The molecule has 2 nitrogen and oxygen atoms in total. The van der Waals surface area contributed by atoms with E-state index in [0.29, 0.717) is 4.77 Å². The molecule has 0 radical (unpaired) electrons. The maximum Gasteiger partial charge on any atom is 0.176 e. The van der Waals surface area contributed by atoms with Crippen molar-refractivity contribution in [3.8, 4) is 0 Å². The highest BCUT2D eigenvalue weighted by molar-refractivity contribution is 7.72. The van der Waals surface area contributed by atoms with E-state index in [9.17, 15) is 0 Å². The molecule has 16 heavy (non-hydrogen) atoms. The quantitative estimate of drug-likeness (QED) is 0.704. The van der Waals surface area contributed by atoms with Crippen molar-refractivity contribution in [3.63, 3.8) is 0 Å². The lowest BCUT2D eigenvalue weighted by molar-refractivity contribution is 0.509. The number of hydrogen-bond acceptors (Lipinski definition) is 3. The van der Waals surface area contributed by atoms with Crippen molar-refractivity contribution in [2.24, 2.45) is 5.92 Å². The van der Waals surface area contributed by atoms with Gasteiger partial charge in [-0.2, -0.15) is 0 Å². The van der Waals surface area contributed by atoms with Crippen molar-refractivity contribution in [2.45, 2.75) is 26.2 Å². The Labute approximate surface area is 108 Å². The highest BCUT2D eigenvalue weighted by Gasteiger charge is 2.21. The number of thiophene rings is 1. The van der Waals surface area contributed by atoms with Crippen LogP contribution in [0.5, 0.6) is 0 Å². The number of aryl methyl sites for hydroxylation is 1. The van der Waals surface area contributed by atoms with Crippen LogP contribution in [-0.4, -0.2) is 9.97 Å². The minimum Gasteiger partial charge on any atom is -0.324 e. The maximum atomic E-state index is 5.37. The predicted molar refractivity (Wildman–Crippen MR) is 73.4 cm³/mol. The first kappa shape index (κ1) is 10.6. The summed E-state index contributed by atoms with van der Waals surface area (Å²) < 4.78 is 1.43. The average Bonchev–Trinajstić information content (AvgIpc) is 2.54. The molecule has 0 bridgehead atoms. The number of hydrogen-bond donors (Lipinski definition) is 2. The lowest BCUT2D eigenvalue weighted by Gasteiger charge is -2.17. The third-order valence-corrected chi connectivity index (χ3v) is 4.87. The van der Waals surface area contributed by atoms with Crippen molar-refractivity contribution in [1.29, 1.82) is 0 Å². The van der Waals surface area contributed by atoms with Crippen LogP contribution in [0.4, 0.5) is 0 Å². The molecule has 0 saturated carbocycles. The van der Waals surface area contributed by atoms with Gasteiger partial charge in [0, 0.05) is 10.3 Å². The van der Waals surface area contributed by atoms with Crippen molar-refractivity contribution in [3.05, 3.63) is 19.9 Å². The first-order valence-electron chi connectivity index (χ1n) is 5.42. The molecule has 2 aromatic rings. The molecule has 3 rings (SSSR count). The summed E-state index contributed by atoms with van der Waals surface area (Å²) in [5, 5.41) is 1.20. The van der Waals surface area contributed by atoms with Gasteiger partial charge in [0.15, 0.2) is 4.77 Å². The van der Waals surface area contributed by atoms with Gasteiger partial charge >= 0.3 is 0 Å². The maximum absolute atomic E-state index is 5.37. The van der Waals surface area contributed by atoms with E-state index in [1.54, 1.807) is 0 Å². The Bertz CT molecular complexity index is 662. The van der Waals surface area contributed by atoms with Crippen LogP contribution >= 0.6 is 35.8 Å². The number of aromatic nitrogens is 2. The zero-order valence-corrected chi connectivity index (χ0v) is 11.4. The molecule has 0 unspecified atom stereocenters. The minimum atomic E-state index is 0.629. The van der Waals surface area contributed by atoms with E-state index in [1.165, 1.54) is 28.7 Å². The van der Waals surface area contributed by atoms with Crippen LogP contribution in [-0.2, 0) is 12.8 Å². The molecule has 0 aliphatic heterocycles. The molecule has 0 fully saturated rings. The zero-order valence-electron chi connectivity index (χ0n) is 8.92. The lowest BCUT2D eigenvalue weighted by atomic mass is 9.89. The van der Waals surface area contributed by atoms with Gasteiger partial charge < -0.3 is 9.97 Å². The molecule has 1 atom stereocenters. The summed E-state index contributed by atoms with van der Waals surface area (Å²) >= 11 is 12.3. The van der Waals surface area contributed by atoms with E-state index >= 15 is 0 Å². The number of fused-ring (bicyclic) bond motifs is 3. The molecule has 2 N–H and O–H groups in total. The fourth-order valence-electron chi connectivity index (χ4n) is 2.38. The molecule has 1 aliphatic carbocycles. The van der Waals surface area contributed by atoms with Gasteiger partial charge in [-0.25, -0.2) is 0 Å². The Hall–Kier alpha value is -0.520. The first-order chi connectivity index (χ1) is 7.65. The summed E-state index contributed by atoms with van der Waals surface area (Å²) in [6.45, 7) is 2.32. The largest absolute Gasteiger partial charge is 0.324 e. The highest BCUT2D eigenvalue weighted by Crippen LogP contribution is 2.37. The van der Waals surface area contributed by atoms with Gasteiger partial charge in [0.05, 0.1) is 0 Å². The van der Waals surface area contributed by atoms with Crippen LogP contribution < -0.4 is 0 Å². The second kappa shape index (κ2) is 3.75. The number of nitrogens with one attached hydrogen (secondary N) is 2. The molecule has 2 aromatic heterocycles. The van der Waals surface area contributed by atoms with Gasteiger partial charge in [-0.1, -0.05) is 19.1 Å². The Balaban J connectivity index is 2.38. The summed E-state index contributed by atoms with van der Waals surface area (Å²) in [5.74, 6) is 0.793. The standard InChI is InChI=1S/C11H12N2S3/c1-5-2-3-6-7(4-5)16-10-8(6)9(14)12-11(15)13-10/h5H,2-4H2,1H3,(H2,12,13,14,15)/t5-/m1/s1. The molecule has 0 aromatic carbocycles. The number of rotatable bonds is 0. The third-order valence-electron chi connectivity index (χ3n) is 3.19. The van der Waals surface area contributed by atoms with Gasteiger partial charge in [0.1, 0.15) is 9.47 Å². The van der Waals surface area contributed by atoms with Gasteiger partial charge in [0.25, 0.3) is 0 Å². The fourth-order valence-corrected chi connectivity index (χ4v) is 4.53. The van der Waals surface area contributed by atoms with E-state index < -0.39 is 0 Å². The Kier molecular flexibility index (Phi) is 2.49. The Morgan fingerprint density at radius 1 is 1.31 bits per heavy atom. The van der Waals surface area contributed by atoms with Crippen molar-refractivity contribution in [2.75, 3.05) is 0 Å². The Morgan fingerprint density at radius 3 is 2.94 bits per heavy atom. The molecule has 5 heteroatoms. The van der Waals surface area contributed by atoms with Crippen LogP contribution in [0.3, 0.4) is 0 Å². The Morgan fingerprint density at radius 2 is 2.12 bits per heavy atom. The molecule has 0 amide bonds. The molecule has 2 heterocycles. The smallest absolute Gasteiger partial charge is 0.176 e. The molecule has 0 saturated heterocycles. The van der Waals surface area contributed by atoms with E-state index in [-0.39, 0.29) is 0 Å². The summed E-state index contributed by atoms with van der Waals surface area (Å²) in [6, 6.07) is 0. The number of aromatic amines is 2. The normalized spacial score (nSPS) is 19.9. The zero-order chi connectivity index (χ0) is 11.3. The molecule has 84 valence electrons. The van der Waals surface area contributed by atoms with Crippen molar-refractivity contribution >= 4 is 46.0 Å². The molecular formula is C11H12N2S3. The van der Waals surface area contributed by atoms with Gasteiger partial charge in [0.2, 0.25) is 0 Å². The highest BCUT2D eigenvalue weighted by atomic mass is 32.1. The monoisotopic (exact) mass is 268 g/mol. The predicted octanol–water partition coefficient (Wildman–Crippen LogP) is 4.14. The summed E-state index contributed by atoms with van der Waals surface area (Å²) in [5.41, 5.74) is 1.45. The van der Waals surface area contributed by atoms with Crippen LogP contribution in [0.1, 0.15) is 23.8 Å². The summed E-state index contributed by atoms with van der Waals surface area (Å²) in [7, 11) is 0. The van der Waals surface area contributed by atoms with Gasteiger partial charge in [-0.3, -0.25) is 0 Å². The van der Waals surface area contributed by atoms with Crippen molar-refractivity contribution < 1.29 is 0 Å². The van der Waals surface area contributed by atoms with Crippen LogP contribution in [0, 0.1) is 15.3 Å². The summed E-state index contributed by atoms with van der Waals surface area (Å²) in [4.78, 5) is 8.89. The SMILES string of the molecule is C[C@@H]1CCc2c(sc3[nH]c(=S)[nH]c(=S)c23)C1. The first-order valence-corrected chi connectivity index (χ1v) is 7.05. The second-order valence-corrected chi connectivity index (χ2v) is 6.39. The lowest BCUT2D eigenvalue weighted by Crippen LogP contribution is -2.08. The minimum absolute atomic E-state index is 0.629. The fraction of sp³-hybridized carbons (Fsp3) is 0.455. The topological polar surface area (TPSA) is 31.6 Å². The third kappa shape index (κ3) is 1.58. The second-order valence-electron chi connectivity index (χ2n) is 4.46. The van der Waals surface area contributed by atoms with E-state index in [2.05, 4.69) is 16.9 Å². The van der Waals surface area contributed by atoms with E-state index in [0.717, 1.165) is 21.8 Å². The summed E-state index contributed by atoms with van der Waals surface area (Å²) in [6.07, 6.45) is 3.60. The van der Waals surface area contributed by atoms with Gasteiger partial charge in [-0.15, -0.1) is 11.3 Å². The van der Waals surface area contributed by atoms with E-state index in [1.807, 2.05) is 11.3 Å². The molecule has 0 spiro atoms. The average molecular weight is 268 g/mol. The van der Waals surface area contributed by atoms with Crippen molar-refractivity contribution in [1.82, 2.24) is 9.97 Å². The van der Waals surface area contributed by atoms with Crippen LogP contribution in [0.15, 0.2) is 0 Å². The van der Waals surface area contributed by atoms with E-state index in [4.69, 9.17) is 24.4 Å². The van der Waals surface area contributed by atoms with Crippen LogP contribution in [0.2, 0.25) is 0 Å².